The van der Waals surface area contributed by atoms with E-state index in [9.17, 15) is 4.79 Å². The van der Waals surface area contributed by atoms with Crippen LogP contribution in [0.4, 0.5) is 0 Å². The number of fused-ring (bicyclic) bond motifs is 1. The van der Waals surface area contributed by atoms with Crippen LogP contribution in [0.25, 0.3) is 10.8 Å². The van der Waals surface area contributed by atoms with Gasteiger partial charge in [0.2, 0.25) is 0 Å². The number of ketones is 1. The molecule has 0 fully saturated rings. The topological polar surface area (TPSA) is 47.6 Å². The Hall–Kier alpha value is -1.78. The molecular formula is C18H24ClNO3. The summed E-state index contributed by atoms with van der Waals surface area (Å²) in [5.74, 6) is 1.42. The molecule has 23 heavy (non-hydrogen) atoms. The van der Waals surface area contributed by atoms with Gasteiger partial charge in [-0.3, -0.25) is 4.79 Å². The van der Waals surface area contributed by atoms with Crippen molar-refractivity contribution in [3.8, 4) is 11.5 Å². The molecule has 0 unspecified atom stereocenters. The van der Waals surface area contributed by atoms with Gasteiger partial charge in [-0.15, -0.1) is 12.4 Å². The van der Waals surface area contributed by atoms with Gasteiger partial charge >= 0.3 is 0 Å². The van der Waals surface area contributed by atoms with E-state index in [1.807, 2.05) is 51.1 Å². The van der Waals surface area contributed by atoms with Gasteiger partial charge in [-0.2, -0.15) is 0 Å². The predicted octanol–water partition coefficient (Wildman–Crippen LogP) is 3.85. The second-order valence-electron chi connectivity index (χ2n) is 6.30. The van der Waals surface area contributed by atoms with E-state index in [-0.39, 0.29) is 23.7 Å². The van der Waals surface area contributed by atoms with Crippen molar-refractivity contribution < 1.29 is 14.3 Å². The van der Waals surface area contributed by atoms with Gasteiger partial charge in [-0.1, -0.05) is 12.1 Å². The molecule has 2 rings (SSSR count). The highest BCUT2D eigenvalue weighted by molar-refractivity contribution is 6.01. The van der Waals surface area contributed by atoms with Crippen LogP contribution < -0.4 is 14.8 Å². The average molecular weight is 338 g/mol. The number of ether oxygens (including phenoxy) is 2. The van der Waals surface area contributed by atoms with Crippen molar-refractivity contribution in [1.29, 1.82) is 0 Å². The van der Waals surface area contributed by atoms with E-state index in [0.29, 0.717) is 23.6 Å². The number of hydrogen-bond acceptors (Lipinski definition) is 4. The Kier molecular flexibility index (Phi) is 6.42. The molecule has 0 amide bonds. The van der Waals surface area contributed by atoms with Crippen LogP contribution in [0.2, 0.25) is 0 Å². The number of Topliss-reactive ketones (excluding diaryl/α,β-unsaturated/α-hetero) is 1. The minimum Gasteiger partial charge on any atom is -0.493 e. The first-order chi connectivity index (χ1) is 10.3. The van der Waals surface area contributed by atoms with E-state index < -0.39 is 0 Å². The van der Waals surface area contributed by atoms with E-state index >= 15 is 0 Å². The lowest BCUT2D eigenvalue weighted by Gasteiger charge is -2.19. The summed E-state index contributed by atoms with van der Waals surface area (Å²) in [6.07, 6.45) is 0. The summed E-state index contributed by atoms with van der Waals surface area (Å²) >= 11 is 0. The summed E-state index contributed by atoms with van der Waals surface area (Å²) in [7, 11) is 3.21. The fraction of sp³-hybridized carbons (Fsp3) is 0.389. The van der Waals surface area contributed by atoms with Gasteiger partial charge in [0.25, 0.3) is 0 Å². The lowest BCUT2D eigenvalue weighted by atomic mass is 10.0. The highest BCUT2D eigenvalue weighted by Crippen LogP contribution is 2.32. The van der Waals surface area contributed by atoms with E-state index in [4.69, 9.17) is 9.47 Å². The monoisotopic (exact) mass is 337 g/mol. The zero-order chi connectivity index (χ0) is 16.3. The fourth-order valence-electron chi connectivity index (χ4n) is 2.20. The molecule has 0 saturated heterocycles. The van der Waals surface area contributed by atoms with Crippen LogP contribution in [0, 0.1) is 0 Å². The number of nitrogens with one attached hydrogen (secondary N) is 1. The molecule has 1 N–H and O–H groups in total. The van der Waals surface area contributed by atoms with Crippen molar-refractivity contribution in [2.24, 2.45) is 0 Å². The predicted molar refractivity (Wildman–Crippen MR) is 96.4 cm³/mol. The van der Waals surface area contributed by atoms with Crippen LogP contribution >= 0.6 is 12.4 Å². The number of halogens is 1. The summed E-state index contributed by atoms with van der Waals surface area (Å²) in [5, 5.41) is 5.18. The Morgan fingerprint density at radius 3 is 2.09 bits per heavy atom. The quantitative estimate of drug-likeness (QED) is 0.842. The molecule has 0 heterocycles. The van der Waals surface area contributed by atoms with Gasteiger partial charge < -0.3 is 14.8 Å². The zero-order valence-electron chi connectivity index (χ0n) is 14.2. The lowest BCUT2D eigenvalue weighted by molar-refractivity contribution is 0.0982. The Morgan fingerprint density at radius 1 is 1.00 bits per heavy atom. The standard InChI is InChI=1S/C18H23NO3.ClH/c1-18(2,3)19-11-15(20)13-7-6-12-9-16(21-4)17(22-5)10-14(12)8-13;/h6-10,19H,11H2,1-5H3;1H. The molecule has 0 radical (unpaired) electrons. The summed E-state index contributed by atoms with van der Waals surface area (Å²) in [4.78, 5) is 12.3. The van der Waals surface area contributed by atoms with Gasteiger partial charge in [0.1, 0.15) is 0 Å². The van der Waals surface area contributed by atoms with Crippen LogP contribution in [0.5, 0.6) is 11.5 Å². The van der Waals surface area contributed by atoms with Gasteiger partial charge in [0.05, 0.1) is 20.8 Å². The van der Waals surface area contributed by atoms with Crippen LogP contribution in [0.1, 0.15) is 31.1 Å². The molecular weight excluding hydrogens is 314 g/mol. The van der Waals surface area contributed by atoms with Gasteiger partial charge in [-0.25, -0.2) is 0 Å². The van der Waals surface area contributed by atoms with Gasteiger partial charge in [0.15, 0.2) is 17.3 Å². The molecule has 0 atom stereocenters. The summed E-state index contributed by atoms with van der Waals surface area (Å²) in [6.45, 7) is 6.44. The summed E-state index contributed by atoms with van der Waals surface area (Å²) < 4.78 is 10.6. The summed E-state index contributed by atoms with van der Waals surface area (Å²) in [6, 6.07) is 9.48. The SMILES string of the molecule is COc1cc2ccc(C(=O)CNC(C)(C)C)cc2cc1OC.Cl. The molecule has 4 nitrogen and oxygen atoms in total. The van der Waals surface area contributed by atoms with Crippen LogP contribution in [-0.2, 0) is 0 Å². The highest BCUT2D eigenvalue weighted by atomic mass is 35.5. The molecule has 0 bridgehead atoms. The van der Waals surface area contributed by atoms with Crippen molar-refractivity contribution in [3.63, 3.8) is 0 Å². The molecule has 0 aliphatic rings. The normalized spacial score (nSPS) is 11.0. The van der Waals surface area contributed by atoms with Crippen molar-refractivity contribution in [2.45, 2.75) is 26.3 Å². The fourth-order valence-corrected chi connectivity index (χ4v) is 2.20. The minimum absolute atomic E-state index is 0. The number of carbonyl (C=O) groups is 1. The number of rotatable bonds is 5. The first-order valence-corrected chi connectivity index (χ1v) is 7.28. The Labute approximate surface area is 143 Å². The van der Waals surface area contributed by atoms with Crippen LogP contribution in [-0.4, -0.2) is 32.1 Å². The van der Waals surface area contributed by atoms with E-state index in [1.54, 1.807) is 14.2 Å². The molecule has 126 valence electrons. The Balaban J connectivity index is 0.00000264. The second kappa shape index (κ2) is 7.66. The first-order valence-electron chi connectivity index (χ1n) is 7.28. The summed E-state index contributed by atoms with van der Waals surface area (Å²) in [5.41, 5.74) is 0.611. The van der Waals surface area contributed by atoms with E-state index in [0.717, 1.165) is 10.8 Å². The smallest absolute Gasteiger partial charge is 0.176 e. The Bertz CT molecular complexity index is 692. The van der Waals surface area contributed by atoms with Gasteiger partial charge in [0, 0.05) is 11.1 Å². The molecule has 0 aliphatic carbocycles. The molecule has 2 aromatic rings. The minimum atomic E-state index is -0.0803. The third kappa shape index (κ3) is 4.85. The molecule has 5 heteroatoms. The molecule has 0 saturated carbocycles. The zero-order valence-corrected chi connectivity index (χ0v) is 15.0. The van der Waals surface area contributed by atoms with Crippen molar-refractivity contribution in [1.82, 2.24) is 5.32 Å². The van der Waals surface area contributed by atoms with Crippen LogP contribution in [0.3, 0.4) is 0 Å². The number of methoxy groups -OCH3 is 2. The third-order valence-corrected chi connectivity index (χ3v) is 3.44. The Morgan fingerprint density at radius 2 is 1.57 bits per heavy atom. The van der Waals surface area contributed by atoms with Gasteiger partial charge in [-0.05, 0) is 49.7 Å². The largest absolute Gasteiger partial charge is 0.493 e. The maximum absolute atomic E-state index is 12.3. The van der Waals surface area contributed by atoms with Crippen molar-refractivity contribution >= 4 is 29.0 Å². The maximum atomic E-state index is 12.3. The lowest BCUT2D eigenvalue weighted by Crippen LogP contribution is -2.39. The number of carbonyl (C=O) groups excluding carboxylic acids is 1. The van der Waals surface area contributed by atoms with Crippen molar-refractivity contribution in [3.05, 3.63) is 35.9 Å². The average Bonchev–Trinajstić information content (AvgIpc) is 2.49. The van der Waals surface area contributed by atoms with Crippen LogP contribution in [0.15, 0.2) is 30.3 Å². The second-order valence-corrected chi connectivity index (χ2v) is 6.30. The van der Waals surface area contributed by atoms with E-state index in [1.165, 1.54) is 0 Å². The highest BCUT2D eigenvalue weighted by Gasteiger charge is 2.14. The number of benzene rings is 2. The first kappa shape index (κ1) is 19.3. The third-order valence-electron chi connectivity index (χ3n) is 3.44. The molecule has 0 aromatic heterocycles. The van der Waals surface area contributed by atoms with E-state index in [2.05, 4.69) is 5.32 Å². The number of hydrogen-bond donors (Lipinski definition) is 1. The molecule has 2 aromatic carbocycles. The molecule has 0 spiro atoms. The molecule has 0 aliphatic heterocycles. The maximum Gasteiger partial charge on any atom is 0.176 e. The van der Waals surface area contributed by atoms with Crippen molar-refractivity contribution in [2.75, 3.05) is 20.8 Å².